The number of hydrogen-bond donors (Lipinski definition) is 0. The van der Waals surface area contributed by atoms with Crippen molar-refractivity contribution in [2.45, 2.75) is 124 Å². The summed E-state index contributed by atoms with van der Waals surface area (Å²) in [7, 11) is 0. The SMILES string of the molecule is C=CCOc1c2cccc1Cc1cc(C(C)(C)C)cc(c1OCc1ccccc1)Cc1cc(C(C)(C)C)cc(c1OCc1ccccc1)Cc1cc(C(C)(C)C)cc(c1OCc1ccccc1)C2. The fourth-order valence-electron chi connectivity index (χ4n) is 9.16. The van der Waals surface area contributed by atoms with Crippen molar-refractivity contribution >= 4 is 0 Å². The third-order valence-corrected chi connectivity index (χ3v) is 13.1. The normalized spacial score (nSPS) is 12.8. The Morgan fingerprint density at radius 1 is 0.353 bits per heavy atom. The molecule has 8 bridgehead atoms. The number of fused-ring (bicyclic) bond motifs is 8. The van der Waals surface area contributed by atoms with Crippen LogP contribution in [0.3, 0.4) is 0 Å². The van der Waals surface area contributed by atoms with Crippen LogP contribution in [0.1, 0.15) is 140 Å². The fraction of sp³-hybridized carbons (Fsp3) is 0.312. The van der Waals surface area contributed by atoms with Gasteiger partial charge in [0.1, 0.15) is 49.4 Å². The van der Waals surface area contributed by atoms with Crippen LogP contribution in [0, 0.1) is 0 Å². The second kappa shape index (κ2) is 20.4. The smallest absolute Gasteiger partial charge is 0.126 e. The highest BCUT2D eigenvalue weighted by molar-refractivity contribution is 5.59. The van der Waals surface area contributed by atoms with Gasteiger partial charge in [0.15, 0.2) is 0 Å². The molecule has 0 amide bonds. The second-order valence-corrected chi connectivity index (χ2v) is 21.7. The molecule has 0 saturated carbocycles. The van der Waals surface area contributed by atoms with Crippen LogP contribution in [-0.4, -0.2) is 6.61 Å². The summed E-state index contributed by atoms with van der Waals surface area (Å²) in [6.07, 6.45) is 4.26. The van der Waals surface area contributed by atoms with Crippen molar-refractivity contribution in [1.29, 1.82) is 0 Å². The lowest BCUT2D eigenvalue weighted by molar-refractivity contribution is 0.295. The molecule has 350 valence electrons. The van der Waals surface area contributed by atoms with Gasteiger partial charge in [0, 0.05) is 25.7 Å². The first kappa shape index (κ1) is 48.0. The lowest BCUT2D eigenvalue weighted by Gasteiger charge is -2.28. The minimum Gasteiger partial charge on any atom is -0.489 e. The maximum Gasteiger partial charge on any atom is 0.126 e. The number of para-hydroxylation sites is 1. The van der Waals surface area contributed by atoms with Gasteiger partial charge in [-0.2, -0.15) is 0 Å². The quantitative estimate of drug-likeness (QED) is 0.115. The predicted molar refractivity (Wildman–Crippen MR) is 281 cm³/mol. The van der Waals surface area contributed by atoms with Crippen LogP contribution in [0.15, 0.2) is 158 Å². The van der Waals surface area contributed by atoms with Crippen molar-refractivity contribution in [3.05, 3.63) is 236 Å². The Morgan fingerprint density at radius 2 is 0.618 bits per heavy atom. The minimum atomic E-state index is -0.150. The largest absolute Gasteiger partial charge is 0.489 e. The van der Waals surface area contributed by atoms with E-state index in [9.17, 15) is 0 Å². The Morgan fingerprint density at radius 3 is 0.882 bits per heavy atom. The summed E-state index contributed by atoms with van der Waals surface area (Å²) in [6, 6.07) is 52.4. The number of hydrogen-bond acceptors (Lipinski definition) is 4. The Bertz CT molecular complexity index is 2680. The van der Waals surface area contributed by atoms with Gasteiger partial charge in [-0.1, -0.05) is 221 Å². The summed E-state index contributed by atoms with van der Waals surface area (Å²) in [5.74, 6) is 3.60. The first-order valence-electron chi connectivity index (χ1n) is 24.4. The first-order chi connectivity index (χ1) is 32.5. The maximum atomic E-state index is 7.23. The molecule has 68 heavy (non-hydrogen) atoms. The van der Waals surface area contributed by atoms with Crippen molar-refractivity contribution < 1.29 is 18.9 Å². The molecule has 0 N–H and O–H groups in total. The van der Waals surface area contributed by atoms with E-state index in [1.54, 1.807) is 0 Å². The highest BCUT2D eigenvalue weighted by Gasteiger charge is 2.28. The minimum absolute atomic E-state index is 0.138. The Hall–Kier alpha value is -6.52. The van der Waals surface area contributed by atoms with Gasteiger partial charge in [-0.15, -0.1) is 0 Å². The van der Waals surface area contributed by atoms with Crippen molar-refractivity contribution in [2.75, 3.05) is 6.61 Å². The second-order valence-electron chi connectivity index (χ2n) is 21.7. The average Bonchev–Trinajstić information content (AvgIpc) is 3.30. The van der Waals surface area contributed by atoms with Crippen molar-refractivity contribution in [2.24, 2.45) is 0 Å². The molecule has 0 aliphatic heterocycles. The lowest BCUT2D eigenvalue weighted by atomic mass is 9.80. The zero-order valence-electron chi connectivity index (χ0n) is 41.9. The fourth-order valence-corrected chi connectivity index (χ4v) is 9.16. The molecule has 0 heterocycles. The molecule has 4 nitrogen and oxygen atoms in total. The molecule has 7 aromatic carbocycles. The van der Waals surface area contributed by atoms with Crippen molar-refractivity contribution in [1.82, 2.24) is 0 Å². The Labute approximate surface area is 407 Å². The van der Waals surface area contributed by atoms with Crippen LogP contribution in [-0.2, 0) is 61.7 Å². The van der Waals surface area contributed by atoms with Crippen LogP contribution >= 0.6 is 0 Å². The van der Waals surface area contributed by atoms with Gasteiger partial charge in [-0.25, -0.2) is 0 Å². The Kier molecular flexibility index (Phi) is 14.4. The van der Waals surface area contributed by atoms with Crippen LogP contribution < -0.4 is 18.9 Å². The summed E-state index contributed by atoms with van der Waals surface area (Å²) in [5.41, 5.74) is 15.7. The van der Waals surface area contributed by atoms with E-state index in [2.05, 4.69) is 214 Å². The zero-order valence-corrected chi connectivity index (χ0v) is 41.9. The summed E-state index contributed by atoms with van der Waals surface area (Å²) >= 11 is 0. The van der Waals surface area contributed by atoms with Gasteiger partial charge in [-0.05, 0) is 94.1 Å². The molecule has 0 spiro atoms. The predicted octanol–water partition coefficient (Wildman–Crippen LogP) is 15.6. The molecule has 0 atom stereocenters. The van der Waals surface area contributed by atoms with E-state index < -0.39 is 0 Å². The molecular weight excluding hydrogens is 833 g/mol. The first-order valence-corrected chi connectivity index (χ1v) is 24.4. The zero-order chi connectivity index (χ0) is 48.1. The van der Waals surface area contributed by atoms with Crippen LogP contribution in [0.4, 0.5) is 0 Å². The molecule has 0 fully saturated rings. The van der Waals surface area contributed by atoms with Crippen LogP contribution in [0.5, 0.6) is 23.0 Å². The molecule has 1 aliphatic rings. The van der Waals surface area contributed by atoms with Gasteiger partial charge in [0.2, 0.25) is 0 Å². The van der Waals surface area contributed by atoms with E-state index in [0.29, 0.717) is 52.1 Å². The Balaban J connectivity index is 1.44. The monoisotopic (exact) mass is 903 g/mol. The van der Waals surface area contributed by atoms with Gasteiger partial charge in [-0.3, -0.25) is 0 Å². The molecule has 1 aliphatic carbocycles. The number of ether oxygens (including phenoxy) is 4. The van der Waals surface area contributed by atoms with E-state index in [4.69, 9.17) is 18.9 Å². The van der Waals surface area contributed by atoms with Crippen LogP contribution in [0.25, 0.3) is 0 Å². The average molecular weight is 903 g/mol. The van der Waals surface area contributed by atoms with Gasteiger partial charge in [0.05, 0.1) is 0 Å². The lowest BCUT2D eigenvalue weighted by Crippen LogP contribution is -2.17. The molecule has 4 heteroatoms. The summed E-state index contributed by atoms with van der Waals surface area (Å²) in [5, 5.41) is 0. The van der Waals surface area contributed by atoms with Gasteiger partial charge < -0.3 is 18.9 Å². The summed E-state index contributed by atoms with van der Waals surface area (Å²) < 4.78 is 28.3. The molecule has 0 saturated heterocycles. The van der Waals surface area contributed by atoms with Crippen molar-refractivity contribution in [3.8, 4) is 23.0 Å². The van der Waals surface area contributed by atoms with E-state index >= 15 is 0 Å². The highest BCUT2D eigenvalue weighted by atomic mass is 16.5. The molecule has 0 unspecified atom stereocenters. The van der Waals surface area contributed by atoms with Crippen LogP contribution in [0.2, 0.25) is 0 Å². The van der Waals surface area contributed by atoms with Gasteiger partial charge >= 0.3 is 0 Å². The van der Waals surface area contributed by atoms with E-state index in [-0.39, 0.29) is 16.2 Å². The highest BCUT2D eigenvalue weighted by Crippen LogP contribution is 2.44. The molecule has 8 rings (SSSR count). The number of rotatable bonds is 12. The topological polar surface area (TPSA) is 36.9 Å². The van der Waals surface area contributed by atoms with E-state index in [0.717, 1.165) is 84.2 Å². The third-order valence-electron chi connectivity index (χ3n) is 13.1. The van der Waals surface area contributed by atoms with E-state index in [1.807, 2.05) is 6.08 Å². The van der Waals surface area contributed by atoms with Crippen molar-refractivity contribution in [3.63, 3.8) is 0 Å². The molecule has 7 aromatic rings. The third kappa shape index (κ3) is 11.6. The molecule has 0 radical (unpaired) electrons. The summed E-state index contributed by atoms with van der Waals surface area (Å²) in [4.78, 5) is 0. The summed E-state index contributed by atoms with van der Waals surface area (Å²) in [6.45, 7) is 26.5. The molecule has 0 aromatic heterocycles. The number of benzene rings is 7. The maximum absolute atomic E-state index is 7.23. The van der Waals surface area contributed by atoms with E-state index in [1.165, 1.54) is 16.7 Å². The standard InChI is InChI=1S/C64H70O4/c1-11-30-65-58-47-28-21-29-48(58)32-50-36-56(63(5,6)7)38-52(60(50)67-42-45-24-17-13-18-25-45)34-54-40-57(64(8,9)10)39-53(61(54)68-43-46-26-19-14-20-27-46)33-51-37-55(62(2,3)4)35-49(31-47)59(51)66-41-44-22-15-12-16-23-44/h11-29,35-40H,1,30-34,41-43H2,2-10H3. The molecular formula is C64H70O4. The van der Waals surface area contributed by atoms with Gasteiger partial charge in [0.25, 0.3) is 0 Å².